The van der Waals surface area contributed by atoms with Gasteiger partial charge in [0.05, 0.1) is 0 Å². The molecule has 1 saturated heterocycles. The predicted molar refractivity (Wildman–Crippen MR) is 98.1 cm³/mol. The number of carbonyl (C=O) groups is 3. The number of nitrogens with zero attached hydrogens (tertiary/aromatic N) is 2. The van der Waals surface area contributed by atoms with Crippen LogP contribution in [0.5, 0.6) is 0 Å². The maximum Gasteiger partial charge on any atom is 0.316 e. The molecule has 3 amide bonds. The smallest absolute Gasteiger partial charge is 0.316 e. The zero-order valence-corrected chi connectivity index (χ0v) is 14.9. The lowest BCUT2D eigenvalue weighted by molar-refractivity contribution is -0.147. The molecular formula is C18H16BrN3O3. The number of hydrogen-bond donors (Lipinski definition) is 1. The van der Waals surface area contributed by atoms with Crippen LogP contribution in [0.15, 0.2) is 59.1 Å². The average Bonchev–Trinajstić information content (AvgIpc) is 2.62. The van der Waals surface area contributed by atoms with Gasteiger partial charge in [-0.1, -0.05) is 34.1 Å². The largest absolute Gasteiger partial charge is 0.325 e. The predicted octanol–water partition coefficient (Wildman–Crippen LogP) is 2.26. The molecule has 1 N–H and O–H groups in total. The molecular weight excluding hydrogens is 386 g/mol. The summed E-state index contributed by atoms with van der Waals surface area (Å²) in [6.07, 6.45) is 0. The van der Waals surface area contributed by atoms with Gasteiger partial charge in [0.25, 0.3) is 0 Å². The van der Waals surface area contributed by atoms with Crippen LogP contribution < -0.4 is 10.2 Å². The fraction of sp³-hybridized carbons (Fsp3) is 0.167. The Labute approximate surface area is 153 Å². The molecule has 1 fully saturated rings. The molecule has 1 aliphatic rings. The third-order valence-electron chi connectivity index (χ3n) is 3.84. The first-order valence-electron chi connectivity index (χ1n) is 7.76. The lowest BCUT2D eigenvalue weighted by Gasteiger charge is -2.33. The molecule has 0 atom stereocenters. The van der Waals surface area contributed by atoms with E-state index in [0.717, 1.165) is 4.47 Å². The maximum absolute atomic E-state index is 12.3. The number of anilines is 2. The Balaban J connectivity index is 1.61. The van der Waals surface area contributed by atoms with Crippen molar-refractivity contribution in [1.29, 1.82) is 0 Å². The fourth-order valence-corrected chi connectivity index (χ4v) is 2.85. The molecule has 2 aromatic carbocycles. The second-order valence-corrected chi connectivity index (χ2v) is 6.49. The van der Waals surface area contributed by atoms with Gasteiger partial charge in [0.2, 0.25) is 5.91 Å². The van der Waals surface area contributed by atoms with Gasteiger partial charge in [-0.2, -0.15) is 0 Å². The maximum atomic E-state index is 12.3. The molecule has 2 aromatic rings. The first-order valence-corrected chi connectivity index (χ1v) is 8.55. The van der Waals surface area contributed by atoms with E-state index in [-0.39, 0.29) is 12.5 Å². The number of hydrogen-bond acceptors (Lipinski definition) is 3. The summed E-state index contributed by atoms with van der Waals surface area (Å²) in [4.78, 5) is 39.4. The highest BCUT2D eigenvalue weighted by Gasteiger charge is 2.34. The molecule has 6 nitrogen and oxygen atoms in total. The second kappa shape index (κ2) is 7.48. The SMILES string of the molecule is O=C(CN1CCN(c2ccccc2)C(=O)C1=O)Nc1ccc(Br)cc1. The van der Waals surface area contributed by atoms with Crippen LogP contribution in [0.3, 0.4) is 0 Å². The van der Waals surface area contributed by atoms with E-state index in [1.807, 2.05) is 30.3 Å². The van der Waals surface area contributed by atoms with E-state index < -0.39 is 11.8 Å². The number of piperazine rings is 1. The number of benzene rings is 2. The molecule has 0 aromatic heterocycles. The molecule has 7 heteroatoms. The van der Waals surface area contributed by atoms with Crippen LogP contribution in [0.1, 0.15) is 0 Å². The van der Waals surface area contributed by atoms with E-state index in [1.54, 1.807) is 24.3 Å². The summed E-state index contributed by atoms with van der Waals surface area (Å²) in [5.74, 6) is -1.62. The third kappa shape index (κ3) is 4.06. The van der Waals surface area contributed by atoms with Crippen molar-refractivity contribution < 1.29 is 14.4 Å². The van der Waals surface area contributed by atoms with Gasteiger partial charge in [0, 0.05) is 28.9 Å². The summed E-state index contributed by atoms with van der Waals surface area (Å²) in [5, 5.41) is 2.72. The quantitative estimate of drug-likeness (QED) is 0.798. The van der Waals surface area contributed by atoms with E-state index in [1.165, 1.54) is 9.80 Å². The Morgan fingerprint density at radius 1 is 0.960 bits per heavy atom. The van der Waals surface area contributed by atoms with Crippen LogP contribution in [-0.4, -0.2) is 42.3 Å². The molecule has 0 unspecified atom stereocenters. The zero-order chi connectivity index (χ0) is 17.8. The molecule has 0 spiro atoms. The summed E-state index contributed by atoms with van der Waals surface area (Å²) >= 11 is 3.32. The van der Waals surface area contributed by atoms with Crippen LogP contribution in [0.2, 0.25) is 0 Å². The minimum atomic E-state index is -0.666. The third-order valence-corrected chi connectivity index (χ3v) is 4.37. The molecule has 0 saturated carbocycles. The minimum absolute atomic E-state index is 0.150. The molecule has 0 bridgehead atoms. The Morgan fingerprint density at radius 2 is 1.64 bits per heavy atom. The first-order chi connectivity index (χ1) is 12.0. The van der Waals surface area contributed by atoms with Crippen molar-refractivity contribution >= 4 is 45.0 Å². The molecule has 0 aliphatic carbocycles. The van der Waals surface area contributed by atoms with Crippen molar-refractivity contribution in [2.24, 2.45) is 0 Å². The number of rotatable bonds is 4. The normalized spacial score (nSPS) is 14.6. The Morgan fingerprint density at radius 3 is 2.32 bits per heavy atom. The van der Waals surface area contributed by atoms with E-state index in [0.29, 0.717) is 24.5 Å². The van der Waals surface area contributed by atoms with Gasteiger partial charge in [-0.3, -0.25) is 14.4 Å². The lowest BCUT2D eigenvalue weighted by atomic mass is 10.2. The Kier molecular flexibility index (Phi) is 5.14. The summed E-state index contributed by atoms with van der Waals surface area (Å²) < 4.78 is 0.906. The zero-order valence-electron chi connectivity index (χ0n) is 13.3. The van der Waals surface area contributed by atoms with Gasteiger partial charge in [-0.25, -0.2) is 0 Å². The van der Waals surface area contributed by atoms with Crippen molar-refractivity contribution in [3.63, 3.8) is 0 Å². The monoisotopic (exact) mass is 401 g/mol. The van der Waals surface area contributed by atoms with Crippen LogP contribution >= 0.6 is 15.9 Å². The van der Waals surface area contributed by atoms with Crippen LogP contribution in [0, 0.1) is 0 Å². The van der Waals surface area contributed by atoms with E-state index >= 15 is 0 Å². The number of nitrogens with one attached hydrogen (secondary N) is 1. The van der Waals surface area contributed by atoms with Gasteiger partial charge >= 0.3 is 11.8 Å². The molecule has 25 heavy (non-hydrogen) atoms. The van der Waals surface area contributed by atoms with Crippen LogP contribution in [-0.2, 0) is 14.4 Å². The van der Waals surface area contributed by atoms with E-state index in [2.05, 4.69) is 21.2 Å². The van der Waals surface area contributed by atoms with Gasteiger partial charge in [0.15, 0.2) is 0 Å². The minimum Gasteiger partial charge on any atom is -0.325 e. The van der Waals surface area contributed by atoms with Crippen molar-refractivity contribution in [2.75, 3.05) is 29.9 Å². The summed E-state index contributed by atoms with van der Waals surface area (Å²) in [5.41, 5.74) is 1.31. The van der Waals surface area contributed by atoms with Gasteiger partial charge in [-0.15, -0.1) is 0 Å². The lowest BCUT2D eigenvalue weighted by Crippen LogP contribution is -2.56. The number of para-hydroxylation sites is 1. The molecule has 3 rings (SSSR count). The molecule has 1 heterocycles. The van der Waals surface area contributed by atoms with Crippen molar-refractivity contribution in [2.45, 2.75) is 0 Å². The van der Waals surface area contributed by atoms with Crippen LogP contribution in [0.4, 0.5) is 11.4 Å². The molecule has 1 aliphatic heterocycles. The molecule has 128 valence electrons. The highest BCUT2D eigenvalue weighted by atomic mass is 79.9. The first kappa shape index (κ1) is 17.2. The summed E-state index contributed by atoms with van der Waals surface area (Å²) in [6.45, 7) is 0.524. The van der Waals surface area contributed by atoms with Gasteiger partial charge < -0.3 is 15.1 Å². The highest BCUT2D eigenvalue weighted by molar-refractivity contribution is 9.10. The number of carbonyl (C=O) groups excluding carboxylic acids is 3. The van der Waals surface area contributed by atoms with Gasteiger partial charge in [-0.05, 0) is 36.4 Å². The summed E-state index contributed by atoms with van der Waals surface area (Å²) in [6, 6.07) is 16.1. The average molecular weight is 402 g/mol. The van der Waals surface area contributed by atoms with Gasteiger partial charge in [0.1, 0.15) is 6.54 Å². The Bertz CT molecular complexity index is 793. The highest BCUT2D eigenvalue weighted by Crippen LogP contribution is 2.18. The van der Waals surface area contributed by atoms with Crippen molar-refractivity contribution in [3.05, 3.63) is 59.1 Å². The standard InChI is InChI=1S/C18H16BrN3O3/c19-13-6-8-14(9-7-13)20-16(23)12-21-10-11-22(18(25)17(21)24)15-4-2-1-3-5-15/h1-9H,10-12H2,(H,20,23). The molecule has 0 radical (unpaired) electrons. The fourth-order valence-electron chi connectivity index (χ4n) is 2.59. The van der Waals surface area contributed by atoms with Crippen LogP contribution in [0.25, 0.3) is 0 Å². The van der Waals surface area contributed by atoms with Crippen molar-refractivity contribution in [1.82, 2.24) is 4.90 Å². The topological polar surface area (TPSA) is 69.7 Å². The number of halogens is 1. The van der Waals surface area contributed by atoms with Crippen molar-refractivity contribution in [3.8, 4) is 0 Å². The summed E-state index contributed by atoms with van der Waals surface area (Å²) in [7, 11) is 0. The second-order valence-electron chi connectivity index (χ2n) is 5.57. The number of amides is 3. The van der Waals surface area contributed by atoms with E-state index in [4.69, 9.17) is 0 Å². The Hall–Kier alpha value is -2.67. The van der Waals surface area contributed by atoms with E-state index in [9.17, 15) is 14.4 Å².